The van der Waals surface area contributed by atoms with Crippen molar-refractivity contribution in [2.24, 2.45) is 5.92 Å². The maximum atomic E-state index is 12.2. The van der Waals surface area contributed by atoms with Gasteiger partial charge in [-0.1, -0.05) is 6.42 Å². The van der Waals surface area contributed by atoms with Crippen LogP contribution in [0.4, 0.5) is 4.79 Å². The third kappa shape index (κ3) is 7.77. The van der Waals surface area contributed by atoms with Crippen molar-refractivity contribution in [3.63, 3.8) is 0 Å². The van der Waals surface area contributed by atoms with Gasteiger partial charge in [0.2, 0.25) is 0 Å². The zero-order valence-corrected chi connectivity index (χ0v) is 16.5. The zero-order chi connectivity index (χ0) is 17.8. The monoisotopic (exact) mass is 346 g/mol. The summed E-state index contributed by atoms with van der Waals surface area (Å²) in [6, 6.07) is 0.300. The van der Waals surface area contributed by atoms with Crippen LogP contribution in [0.5, 0.6) is 0 Å². The minimum absolute atomic E-state index is 0.135. The van der Waals surface area contributed by atoms with Crippen molar-refractivity contribution in [1.29, 1.82) is 0 Å². The van der Waals surface area contributed by atoms with E-state index in [1.807, 2.05) is 41.5 Å². The van der Waals surface area contributed by atoms with Crippen LogP contribution >= 0.6 is 0 Å². The van der Waals surface area contributed by atoms with Gasteiger partial charge in [0.05, 0.1) is 6.04 Å². The summed E-state index contributed by atoms with van der Waals surface area (Å²) in [6.45, 7) is 13.6. The molecule has 136 valence electrons. The largest absolute Gasteiger partial charge is 0.598 e. The van der Waals surface area contributed by atoms with E-state index in [-0.39, 0.29) is 22.9 Å². The van der Waals surface area contributed by atoms with Crippen molar-refractivity contribution in [2.45, 2.75) is 96.6 Å². The fourth-order valence-electron chi connectivity index (χ4n) is 2.73. The molecule has 1 amide bonds. The standard InChI is InChI=1S/C17H34N2O3S/c1-12(19-23(21)17(5,6)7)13-9-8-10-14(11-13)18-15(20)22-16(2,3)4/h12-14,19H,8-11H2,1-7H3,(H,18,20)/t12-,13+,14-,23?/m0/s1. The number of rotatable bonds is 4. The van der Waals surface area contributed by atoms with Crippen LogP contribution in [-0.4, -0.2) is 33.1 Å². The van der Waals surface area contributed by atoms with E-state index in [9.17, 15) is 9.35 Å². The van der Waals surface area contributed by atoms with Gasteiger partial charge in [0, 0.05) is 17.4 Å². The molecule has 0 heterocycles. The fourth-order valence-corrected chi connectivity index (χ4v) is 3.61. The van der Waals surface area contributed by atoms with E-state index in [0.717, 1.165) is 25.7 Å². The molecule has 5 nitrogen and oxygen atoms in total. The highest BCUT2D eigenvalue weighted by molar-refractivity contribution is 7.90. The maximum absolute atomic E-state index is 12.2. The second kappa shape index (κ2) is 8.08. The van der Waals surface area contributed by atoms with Gasteiger partial charge < -0.3 is 14.6 Å². The molecule has 0 aromatic heterocycles. The van der Waals surface area contributed by atoms with E-state index >= 15 is 0 Å². The third-order valence-corrected chi connectivity index (χ3v) is 5.69. The lowest BCUT2D eigenvalue weighted by Crippen LogP contribution is -2.49. The molecule has 0 saturated heterocycles. The molecule has 1 unspecified atom stereocenters. The molecular formula is C17H34N2O3S. The number of hydrogen-bond acceptors (Lipinski definition) is 4. The summed E-state index contributed by atoms with van der Waals surface area (Å²) < 4.78 is 20.5. The molecule has 1 aliphatic rings. The van der Waals surface area contributed by atoms with Crippen LogP contribution in [0.25, 0.3) is 0 Å². The number of amides is 1. The molecule has 23 heavy (non-hydrogen) atoms. The van der Waals surface area contributed by atoms with E-state index in [0.29, 0.717) is 5.92 Å². The molecule has 2 N–H and O–H groups in total. The highest BCUT2D eigenvalue weighted by Gasteiger charge is 2.33. The van der Waals surface area contributed by atoms with Gasteiger partial charge in [0.15, 0.2) is 0 Å². The van der Waals surface area contributed by atoms with Crippen LogP contribution < -0.4 is 10.0 Å². The van der Waals surface area contributed by atoms with Crippen molar-refractivity contribution < 1.29 is 14.1 Å². The molecule has 0 radical (unpaired) electrons. The summed E-state index contributed by atoms with van der Waals surface area (Å²) >= 11 is -1.07. The third-order valence-electron chi connectivity index (χ3n) is 3.99. The van der Waals surface area contributed by atoms with Crippen LogP contribution in [0.1, 0.15) is 74.1 Å². The van der Waals surface area contributed by atoms with Gasteiger partial charge in [-0.15, -0.1) is 4.72 Å². The zero-order valence-electron chi connectivity index (χ0n) is 15.7. The molecule has 1 saturated carbocycles. The Balaban J connectivity index is 2.49. The lowest BCUT2D eigenvalue weighted by molar-refractivity contribution is 0.0481. The van der Waals surface area contributed by atoms with E-state index in [4.69, 9.17) is 4.74 Å². The summed E-state index contributed by atoms with van der Waals surface area (Å²) in [5, 5.41) is 2.98. The van der Waals surface area contributed by atoms with Crippen LogP contribution in [0.15, 0.2) is 0 Å². The van der Waals surface area contributed by atoms with E-state index in [1.165, 1.54) is 0 Å². The Morgan fingerprint density at radius 3 is 2.35 bits per heavy atom. The highest BCUT2D eigenvalue weighted by Crippen LogP contribution is 2.28. The number of alkyl carbamates (subject to hydrolysis) is 1. The lowest BCUT2D eigenvalue weighted by atomic mass is 9.82. The van der Waals surface area contributed by atoms with E-state index < -0.39 is 17.0 Å². The van der Waals surface area contributed by atoms with Crippen LogP contribution in [0, 0.1) is 5.92 Å². The summed E-state index contributed by atoms with van der Waals surface area (Å²) in [4.78, 5) is 11.9. The van der Waals surface area contributed by atoms with Crippen LogP contribution in [-0.2, 0) is 16.1 Å². The molecule has 4 atom stereocenters. The fraction of sp³-hybridized carbons (Fsp3) is 0.941. The molecule has 0 spiro atoms. The number of nitrogens with one attached hydrogen (secondary N) is 2. The molecule has 1 aliphatic carbocycles. The van der Waals surface area contributed by atoms with Gasteiger partial charge in [-0.05, 0) is 73.6 Å². The summed E-state index contributed by atoms with van der Waals surface area (Å²) in [5.74, 6) is 0.412. The minimum atomic E-state index is -1.07. The average Bonchev–Trinajstić information content (AvgIpc) is 2.35. The normalized spacial score (nSPS) is 25.6. The molecule has 0 bridgehead atoms. The highest BCUT2D eigenvalue weighted by atomic mass is 32.2. The predicted octanol–water partition coefficient (Wildman–Crippen LogP) is 3.51. The first-order chi connectivity index (χ1) is 10.4. The Hall–Kier alpha value is -0.460. The number of hydrogen-bond donors (Lipinski definition) is 2. The Morgan fingerprint density at radius 2 is 1.83 bits per heavy atom. The first kappa shape index (κ1) is 20.6. The van der Waals surface area contributed by atoms with Gasteiger partial charge in [-0.2, -0.15) is 0 Å². The van der Waals surface area contributed by atoms with Gasteiger partial charge in [0.25, 0.3) is 0 Å². The second-order valence-electron chi connectivity index (χ2n) is 8.56. The van der Waals surface area contributed by atoms with Crippen LogP contribution in [0.3, 0.4) is 0 Å². The molecule has 0 aromatic rings. The van der Waals surface area contributed by atoms with Crippen molar-refractivity contribution in [3.05, 3.63) is 0 Å². The molecular weight excluding hydrogens is 312 g/mol. The van der Waals surface area contributed by atoms with Gasteiger partial charge in [-0.3, -0.25) is 0 Å². The van der Waals surface area contributed by atoms with Gasteiger partial charge in [-0.25, -0.2) is 4.79 Å². The Kier molecular flexibility index (Phi) is 7.23. The summed E-state index contributed by atoms with van der Waals surface area (Å²) in [7, 11) is 0. The lowest BCUT2D eigenvalue weighted by Gasteiger charge is -2.35. The average molecular weight is 347 g/mol. The number of carbonyl (C=O) groups is 1. The Bertz CT molecular complexity index is 390. The van der Waals surface area contributed by atoms with Crippen molar-refractivity contribution in [1.82, 2.24) is 10.0 Å². The molecule has 1 fully saturated rings. The second-order valence-corrected chi connectivity index (χ2v) is 10.6. The van der Waals surface area contributed by atoms with E-state index in [2.05, 4.69) is 17.0 Å². The first-order valence-corrected chi connectivity index (χ1v) is 9.71. The smallest absolute Gasteiger partial charge is 0.407 e. The quantitative estimate of drug-likeness (QED) is 0.764. The van der Waals surface area contributed by atoms with Crippen LogP contribution in [0.2, 0.25) is 0 Å². The first-order valence-electron chi connectivity index (χ1n) is 8.56. The van der Waals surface area contributed by atoms with Crippen molar-refractivity contribution in [2.75, 3.05) is 0 Å². The Morgan fingerprint density at radius 1 is 1.22 bits per heavy atom. The van der Waals surface area contributed by atoms with Crippen molar-refractivity contribution >= 4 is 17.5 Å². The summed E-state index contributed by atoms with van der Waals surface area (Å²) in [6.07, 6.45) is 3.70. The Labute approximate surface area is 144 Å². The molecule has 1 rings (SSSR count). The maximum Gasteiger partial charge on any atom is 0.407 e. The number of carbonyl (C=O) groups excluding carboxylic acids is 1. The molecule has 0 aliphatic heterocycles. The topological polar surface area (TPSA) is 73.4 Å². The predicted molar refractivity (Wildman–Crippen MR) is 95.6 cm³/mol. The SMILES string of the molecule is C[C@H](N[S+]([O-])C(C)(C)C)[C@@H]1CCC[C@H](NC(=O)OC(C)(C)C)C1. The van der Waals surface area contributed by atoms with Gasteiger partial charge >= 0.3 is 6.09 Å². The van der Waals surface area contributed by atoms with E-state index in [1.54, 1.807) is 0 Å². The van der Waals surface area contributed by atoms with Crippen molar-refractivity contribution in [3.8, 4) is 0 Å². The molecule has 6 heteroatoms. The number of ether oxygens (including phenoxy) is 1. The molecule has 0 aromatic carbocycles. The summed E-state index contributed by atoms with van der Waals surface area (Å²) in [5.41, 5.74) is -0.476. The minimum Gasteiger partial charge on any atom is -0.598 e. The van der Waals surface area contributed by atoms with Gasteiger partial charge in [0.1, 0.15) is 10.3 Å².